The zero-order valence-corrected chi connectivity index (χ0v) is 28.1. The fraction of sp³-hybridized carbons (Fsp3) is 0.333. The van der Waals surface area contributed by atoms with Crippen molar-refractivity contribution < 1.29 is 22.7 Å². The number of carbonyl (C=O) groups excluding carboxylic acids is 1. The standard InChI is InChI=1S/C36H39ClN4O5S/c1-45-30-14-10-26(11-15-30)22-40(23-27-12-16-31(46-2)17-13-27)47(43,44)35-20-29(39-36(42)18-28-8-3-4-9-33(28)37)19-34-32(35)21-38-41(34)24-25-6-5-7-25/h3-4,8-17,19-21,25,32,34H,5-7,18,22-24H2,1-2H3,(H,39,42). The van der Waals surface area contributed by atoms with Gasteiger partial charge in [0.2, 0.25) is 15.9 Å². The second kappa shape index (κ2) is 14.3. The summed E-state index contributed by atoms with van der Waals surface area (Å²) in [6.45, 7) is 1.01. The van der Waals surface area contributed by atoms with Crippen LogP contribution < -0.4 is 14.8 Å². The number of nitrogens with zero attached hydrogens (tertiary/aromatic N) is 3. The molecule has 6 rings (SSSR count). The molecule has 11 heteroatoms. The van der Waals surface area contributed by atoms with Gasteiger partial charge in [0.1, 0.15) is 11.5 Å². The van der Waals surface area contributed by atoms with E-state index >= 15 is 0 Å². The highest BCUT2D eigenvalue weighted by molar-refractivity contribution is 7.93. The number of benzene rings is 3. The molecule has 2 aliphatic carbocycles. The fourth-order valence-corrected chi connectivity index (χ4v) is 8.08. The Hall–Kier alpha value is -4.12. The van der Waals surface area contributed by atoms with E-state index in [4.69, 9.17) is 26.2 Å². The van der Waals surface area contributed by atoms with Crippen LogP contribution in [0.1, 0.15) is 36.0 Å². The number of hydrogen-bond acceptors (Lipinski definition) is 7. The molecule has 0 aromatic heterocycles. The van der Waals surface area contributed by atoms with E-state index in [1.807, 2.05) is 71.7 Å². The van der Waals surface area contributed by atoms with Gasteiger partial charge in [-0.1, -0.05) is 60.5 Å². The molecule has 246 valence electrons. The number of hydrazone groups is 1. The summed E-state index contributed by atoms with van der Waals surface area (Å²) in [5.41, 5.74) is 2.75. The third kappa shape index (κ3) is 7.56. The molecule has 3 aliphatic rings. The molecule has 47 heavy (non-hydrogen) atoms. The van der Waals surface area contributed by atoms with Crippen molar-refractivity contribution in [2.45, 2.75) is 44.8 Å². The van der Waals surface area contributed by atoms with Gasteiger partial charge in [0.15, 0.2) is 0 Å². The van der Waals surface area contributed by atoms with E-state index in [1.54, 1.807) is 38.6 Å². The van der Waals surface area contributed by atoms with Crippen molar-refractivity contribution in [3.05, 3.63) is 117 Å². The van der Waals surface area contributed by atoms with E-state index in [9.17, 15) is 13.2 Å². The number of rotatable bonds is 13. The Kier molecular flexibility index (Phi) is 10.0. The Balaban J connectivity index is 1.33. The maximum atomic E-state index is 14.8. The molecule has 0 saturated heterocycles. The summed E-state index contributed by atoms with van der Waals surface area (Å²) in [7, 11) is -0.894. The quantitative estimate of drug-likeness (QED) is 0.242. The molecule has 1 heterocycles. The number of sulfonamides is 1. The van der Waals surface area contributed by atoms with Crippen LogP contribution in [0.4, 0.5) is 0 Å². The minimum Gasteiger partial charge on any atom is -0.497 e. The van der Waals surface area contributed by atoms with E-state index in [2.05, 4.69) is 5.32 Å². The highest BCUT2D eigenvalue weighted by Gasteiger charge is 2.43. The van der Waals surface area contributed by atoms with Crippen LogP contribution in [0, 0.1) is 11.8 Å². The highest BCUT2D eigenvalue weighted by Crippen LogP contribution is 2.38. The Morgan fingerprint density at radius 1 is 0.957 bits per heavy atom. The fourth-order valence-electron chi connectivity index (χ4n) is 6.12. The number of carbonyl (C=O) groups is 1. The first-order chi connectivity index (χ1) is 22.7. The van der Waals surface area contributed by atoms with Gasteiger partial charge in [-0.15, -0.1) is 0 Å². The predicted octanol–water partition coefficient (Wildman–Crippen LogP) is 5.92. The van der Waals surface area contributed by atoms with Crippen molar-refractivity contribution >= 4 is 33.7 Å². The maximum absolute atomic E-state index is 14.8. The van der Waals surface area contributed by atoms with E-state index in [-0.39, 0.29) is 36.4 Å². The molecule has 2 unspecified atom stereocenters. The third-order valence-corrected chi connectivity index (χ3v) is 11.3. The monoisotopic (exact) mass is 674 g/mol. The van der Waals surface area contributed by atoms with Gasteiger partial charge in [0, 0.05) is 36.6 Å². The van der Waals surface area contributed by atoms with Crippen molar-refractivity contribution in [2.75, 3.05) is 20.8 Å². The molecular weight excluding hydrogens is 636 g/mol. The molecular formula is C36H39ClN4O5S. The van der Waals surface area contributed by atoms with E-state index < -0.39 is 15.9 Å². The van der Waals surface area contributed by atoms with Crippen LogP contribution in [0.15, 0.2) is 101 Å². The summed E-state index contributed by atoms with van der Waals surface area (Å²) in [6, 6.07) is 21.6. The van der Waals surface area contributed by atoms with Gasteiger partial charge in [-0.05, 0) is 77.9 Å². The highest BCUT2D eigenvalue weighted by atomic mass is 35.5. The predicted molar refractivity (Wildman–Crippen MR) is 183 cm³/mol. The van der Waals surface area contributed by atoms with Crippen LogP contribution in [-0.2, 0) is 34.3 Å². The van der Waals surface area contributed by atoms with Crippen molar-refractivity contribution in [1.82, 2.24) is 14.6 Å². The topological polar surface area (TPSA) is 101 Å². The minimum absolute atomic E-state index is 0.0599. The third-order valence-electron chi connectivity index (χ3n) is 9.00. The van der Waals surface area contributed by atoms with Crippen molar-refractivity contribution in [1.29, 1.82) is 0 Å². The Labute approximate surface area is 281 Å². The van der Waals surface area contributed by atoms with Crippen LogP contribution in [-0.4, -0.2) is 56.7 Å². The van der Waals surface area contributed by atoms with E-state index in [0.717, 1.165) is 30.5 Å². The van der Waals surface area contributed by atoms with Crippen molar-refractivity contribution in [3.8, 4) is 11.5 Å². The van der Waals surface area contributed by atoms with Gasteiger partial charge in [-0.2, -0.15) is 9.41 Å². The number of amides is 1. The van der Waals surface area contributed by atoms with Gasteiger partial charge in [-0.3, -0.25) is 9.80 Å². The summed E-state index contributed by atoms with van der Waals surface area (Å²) >= 11 is 6.33. The molecule has 1 N–H and O–H groups in total. The smallest absolute Gasteiger partial charge is 0.240 e. The first-order valence-corrected chi connectivity index (χ1v) is 17.6. The molecule has 0 bridgehead atoms. The number of fused-ring (bicyclic) bond motifs is 1. The molecule has 2 atom stereocenters. The van der Waals surface area contributed by atoms with Gasteiger partial charge in [0.25, 0.3) is 0 Å². The average molecular weight is 675 g/mol. The summed E-state index contributed by atoms with van der Waals surface area (Å²) in [5, 5.41) is 10.2. The van der Waals surface area contributed by atoms with Gasteiger partial charge < -0.3 is 14.8 Å². The Morgan fingerprint density at radius 2 is 1.57 bits per heavy atom. The Bertz CT molecular complexity index is 1740. The number of nitrogens with one attached hydrogen (secondary N) is 1. The van der Waals surface area contributed by atoms with E-state index in [1.165, 1.54) is 10.7 Å². The number of halogens is 1. The van der Waals surface area contributed by atoms with E-state index in [0.29, 0.717) is 33.7 Å². The Morgan fingerprint density at radius 3 is 2.13 bits per heavy atom. The van der Waals surface area contributed by atoms with Crippen LogP contribution >= 0.6 is 11.6 Å². The van der Waals surface area contributed by atoms with Crippen LogP contribution in [0.25, 0.3) is 0 Å². The average Bonchev–Trinajstić information content (AvgIpc) is 3.46. The van der Waals surface area contributed by atoms with Crippen LogP contribution in [0.3, 0.4) is 0 Å². The molecule has 0 radical (unpaired) electrons. The number of ether oxygens (including phenoxy) is 2. The zero-order chi connectivity index (χ0) is 33.0. The summed E-state index contributed by atoms with van der Waals surface area (Å²) in [6.07, 6.45) is 8.78. The molecule has 0 spiro atoms. The second-order valence-corrected chi connectivity index (χ2v) is 14.5. The van der Waals surface area contributed by atoms with Crippen LogP contribution in [0.2, 0.25) is 5.02 Å². The lowest BCUT2D eigenvalue weighted by Gasteiger charge is -2.36. The summed E-state index contributed by atoms with van der Waals surface area (Å²) in [5.74, 6) is 1.11. The molecule has 1 aliphatic heterocycles. The maximum Gasteiger partial charge on any atom is 0.240 e. The first-order valence-electron chi connectivity index (χ1n) is 15.8. The molecule has 3 aromatic carbocycles. The molecule has 9 nitrogen and oxygen atoms in total. The number of hydrogen-bond donors (Lipinski definition) is 1. The minimum atomic E-state index is -4.08. The molecule has 1 fully saturated rings. The summed E-state index contributed by atoms with van der Waals surface area (Å²) in [4.78, 5) is 13.4. The number of methoxy groups -OCH3 is 2. The van der Waals surface area contributed by atoms with Crippen LogP contribution in [0.5, 0.6) is 11.5 Å². The van der Waals surface area contributed by atoms with Gasteiger partial charge in [0.05, 0.1) is 37.5 Å². The van der Waals surface area contributed by atoms with Gasteiger partial charge >= 0.3 is 0 Å². The largest absolute Gasteiger partial charge is 0.497 e. The second-order valence-electron chi connectivity index (χ2n) is 12.2. The SMILES string of the molecule is COc1ccc(CN(Cc2ccc(OC)cc2)S(=O)(=O)C2=CC(NC(=O)Cc3ccccc3Cl)=CC3C2C=NN3CC2CCC2)cc1. The lowest BCUT2D eigenvalue weighted by Crippen LogP contribution is -2.42. The number of allylic oxidation sites excluding steroid dienone is 1. The van der Waals surface area contributed by atoms with Gasteiger partial charge in [-0.25, -0.2) is 8.42 Å². The van der Waals surface area contributed by atoms with Crippen molar-refractivity contribution in [2.24, 2.45) is 16.9 Å². The first kappa shape index (κ1) is 32.8. The normalized spacial score (nSPS) is 19.1. The lowest BCUT2D eigenvalue weighted by molar-refractivity contribution is -0.119. The summed E-state index contributed by atoms with van der Waals surface area (Å²) < 4.78 is 41.8. The zero-order valence-electron chi connectivity index (χ0n) is 26.5. The lowest BCUT2D eigenvalue weighted by atomic mass is 9.84. The molecule has 1 amide bonds. The van der Waals surface area contributed by atoms with Crippen molar-refractivity contribution in [3.63, 3.8) is 0 Å². The molecule has 1 saturated carbocycles. The molecule has 3 aromatic rings.